The summed E-state index contributed by atoms with van der Waals surface area (Å²) < 4.78 is 0.811. The van der Waals surface area contributed by atoms with E-state index in [-0.39, 0.29) is 5.91 Å². The Kier molecular flexibility index (Phi) is 7.00. The molecule has 2 aromatic carbocycles. The lowest BCUT2D eigenvalue weighted by Crippen LogP contribution is -2.31. The Balaban J connectivity index is 1.55. The molecule has 1 aliphatic carbocycles. The molecule has 156 valence electrons. The number of hydrogen-bond donors (Lipinski definition) is 0. The molecule has 0 spiro atoms. The van der Waals surface area contributed by atoms with E-state index in [4.69, 9.17) is 4.98 Å². The molecule has 1 aliphatic rings. The van der Waals surface area contributed by atoms with Crippen LogP contribution >= 0.6 is 27.3 Å². The average Bonchev–Trinajstić information content (AvgIpc) is 3.28. The van der Waals surface area contributed by atoms with Crippen molar-refractivity contribution >= 4 is 38.3 Å². The number of aromatic nitrogens is 1. The first-order valence-corrected chi connectivity index (χ1v) is 12.5. The molecule has 0 bridgehead atoms. The predicted octanol–water partition coefficient (Wildman–Crippen LogP) is 7.68. The third-order valence-corrected chi connectivity index (χ3v) is 7.36. The summed E-state index contributed by atoms with van der Waals surface area (Å²) in [5.41, 5.74) is 4.17. The first kappa shape index (κ1) is 21.3. The molecule has 1 saturated carbocycles. The van der Waals surface area contributed by atoms with Crippen LogP contribution < -0.4 is 4.90 Å². The fraction of sp³-hybridized carbons (Fsp3) is 0.360. The van der Waals surface area contributed by atoms with Crippen molar-refractivity contribution in [2.75, 3.05) is 11.4 Å². The first-order chi connectivity index (χ1) is 14.7. The minimum atomic E-state index is -0.0159. The number of hydrogen-bond acceptors (Lipinski definition) is 3. The summed E-state index contributed by atoms with van der Waals surface area (Å²) >= 11 is 5.04. The molecular weight excluding hydrogens is 456 g/mol. The number of benzene rings is 2. The van der Waals surface area contributed by atoms with E-state index >= 15 is 0 Å². The van der Waals surface area contributed by atoms with Crippen molar-refractivity contribution in [1.82, 2.24) is 4.98 Å². The zero-order valence-electron chi connectivity index (χ0n) is 17.3. The number of thiazole rings is 1. The Morgan fingerprint density at radius 1 is 1.10 bits per heavy atom. The van der Waals surface area contributed by atoms with Crippen LogP contribution in [0.25, 0.3) is 11.3 Å². The van der Waals surface area contributed by atoms with Crippen LogP contribution in [0.15, 0.2) is 58.4 Å². The van der Waals surface area contributed by atoms with Crippen LogP contribution in [0.4, 0.5) is 5.13 Å². The van der Waals surface area contributed by atoms with E-state index < -0.39 is 0 Å². The Hall–Kier alpha value is -1.98. The smallest absolute Gasteiger partial charge is 0.261 e. The third kappa shape index (κ3) is 4.68. The van der Waals surface area contributed by atoms with Gasteiger partial charge >= 0.3 is 0 Å². The minimum absolute atomic E-state index is 0.0159. The molecule has 1 aromatic heterocycles. The summed E-state index contributed by atoms with van der Waals surface area (Å²) in [6.45, 7) is 2.73. The van der Waals surface area contributed by atoms with Crippen LogP contribution in [-0.2, 0) is 0 Å². The van der Waals surface area contributed by atoms with E-state index in [2.05, 4.69) is 52.5 Å². The lowest BCUT2D eigenvalue weighted by molar-refractivity contribution is 0.0986. The number of nitrogens with zero attached hydrogens (tertiary/aromatic N) is 2. The van der Waals surface area contributed by atoms with E-state index in [0.717, 1.165) is 27.3 Å². The Labute approximate surface area is 191 Å². The van der Waals surface area contributed by atoms with Crippen molar-refractivity contribution in [3.63, 3.8) is 0 Å². The lowest BCUT2D eigenvalue weighted by atomic mass is 9.84. The van der Waals surface area contributed by atoms with Gasteiger partial charge in [0.15, 0.2) is 5.13 Å². The van der Waals surface area contributed by atoms with Gasteiger partial charge in [-0.25, -0.2) is 4.98 Å². The van der Waals surface area contributed by atoms with Gasteiger partial charge in [-0.15, -0.1) is 11.3 Å². The number of rotatable bonds is 6. The van der Waals surface area contributed by atoms with E-state index in [1.807, 2.05) is 24.3 Å². The van der Waals surface area contributed by atoms with Gasteiger partial charge < -0.3 is 0 Å². The highest BCUT2D eigenvalue weighted by molar-refractivity contribution is 9.10. The maximum atomic E-state index is 13.2. The zero-order chi connectivity index (χ0) is 20.9. The molecule has 3 nitrogen and oxygen atoms in total. The monoisotopic (exact) mass is 482 g/mol. The highest BCUT2D eigenvalue weighted by atomic mass is 79.9. The van der Waals surface area contributed by atoms with Crippen molar-refractivity contribution in [2.45, 2.75) is 51.4 Å². The molecule has 4 rings (SSSR count). The van der Waals surface area contributed by atoms with Crippen LogP contribution in [0.3, 0.4) is 0 Å². The summed E-state index contributed by atoms with van der Waals surface area (Å²) in [6.07, 6.45) is 7.57. The summed E-state index contributed by atoms with van der Waals surface area (Å²) in [4.78, 5) is 19.8. The molecular formula is C25H27BrN2OS. The van der Waals surface area contributed by atoms with Gasteiger partial charge in [-0.05, 0) is 58.8 Å². The average molecular weight is 483 g/mol. The van der Waals surface area contributed by atoms with Crippen LogP contribution in [0.2, 0.25) is 0 Å². The number of carbonyl (C=O) groups excluding carboxylic acids is 1. The molecule has 3 aromatic rings. The third-order valence-electron chi connectivity index (χ3n) is 5.80. The first-order valence-electron chi connectivity index (χ1n) is 10.8. The van der Waals surface area contributed by atoms with E-state index in [1.165, 1.54) is 49.0 Å². The molecule has 1 heterocycles. The van der Waals surface area contributed by atoms with Crippen molar-refractivity contribution in [3.8, 4) is 11.3 Å². The standard InChI is InChI=1S/C25H27BrN2OS/c1-2-16-28(24(29)21-10-6-7-11-22(21)26)25-27-23(17-30-25)20-14-12-19(13-15-20)18-8-4-3-5-9-18/h6-7,10-15,17-18H,2-5,8-9,16H2,1H3. The van der Waals surface area contributed by atoms with Crippen molar-refractivity contribution < 1.29 is 4.79 Å². The molecule has 0 N–H and O–H groups in total. The Morgan fingerprint density at radius 2 is 1.83 bits per heavy atom. The van der Waals surface area contributed by atoms with E-state index in [9.17, 15) is 4.79 Å². The second-order valence-corrected chi connectivity index (χ2v) is 9.60. The minimum Gasteiger partial charge on any atom is -0.284 e. The van der Waals surface area contributed by atoms with Gasteiger partial charge in [-0.3, -0.25) is 9.69 Å². The van der Waals surface area contributed by atoms with Gasteiger partial charge in [0.25, 0.3) is 5.91 Å². The van der Waals surface area contributed by atoms with Crippen molar-refractivity contribution in [1.29, 1.82) is 0 Å². The highest BCUT2D eigenvalue weighted by Gasteiger charge is 2.22. The maximum absolute atomic E-state index is 13.2. The summed E-state index contributed by atoms with van der Waals surface area (Å²) in [6, 6.07) is 16.5. The molecule has 1 amide bonds. The van der Waals surface area contributed by atoms with Gasteiger partial charge in [0.05, 0.1) is 11.3 Å². The zero-order valence-corrected chi connectivity index (χ0v) is 19.7. The van der Waals surface area contributed by atoms with Gasteiger partial charge in [0.1, 0.15) is 0 Å². The van der Waals surface area contributed by atoms with Crippen LogP contribution in [0.5, 0.6) is 0 Å². The fourth-order valence-electron chi connectivity index (χ4n) is 4.17. The second kappa shape index (κ2) is 9.88. The highest BCUT2D eigenvalue weighted by Crippen LogP contribution is 2.34. The molecule has 0 saturated heterocycles. The molecule has 30 heavy (non-hydrogen) atoms. The summed E-state index contributed by atoms with van der Waals surface area (Å²) in [5.74, 6) is 0.693. The van der Waals surface area contributed by atoms with Gasteiger partial charge in [0.2, 0.25) is 0 Å². The molecule has 5 heteroatoms. The SMILES string of the molecule is CCCN(C(=O)c1ccccc1Br)c1nc(-c2ccc(C3CCCCC3)cc2)cs1. The maximum Gasteiger partial charge on any atom is 0.261 e. The van der Waals surface area contributed by atoms with Gasteiger partial charge in [-0.2, -0.15) is 0 Å². The molecule has 0 aliphatic heterocycles. The number of carbonyl (C=O) groups is 1. The summed E-state index contributed by atoms with van der Waals surface area (Å²) in [5, 5.41) is 2.81. The topological polar surface area (TPSA) is 33.2 Å². The van der Waals surface area contributed by atoms with Crippen molar-refractivity contribution in [2.24, 2.45) is 0 Å². The van der Waals surface area contributed by atoms with Gasteiger partial charge in [-0.1, -0.05) is 62.6 Å². The molecule has 0 radical (unpaired) electrons. The number of amides is 1. The van der Waals surface area contributed by atoms with Crippen molar-refractivity contribution in [3.05, 3.63) is 69.5 Å². The molecule has 0 atom stereocenters. The van der Waals surface area contributed by atoms with E-state index in [0.29, 0.717) is 18.0 Å². The number of halogens is 1. The van der Waals surface area contributed by atoms with Gasteiger partial charge in [0, 0.05) is 22.0 Å². The lowest BCUT2D eigenvalue weighted by Gasteiger charge is -2.22. The Bertz CT molecular complexity index is 992. The molecule has 0 unspecified atom stereocenters. The number of anilines is 1. The Morgan fingerprint density at radius 3 is 2.53 bits per heavy atom. The van der Waals surface area contributed by atoms with Crippen LogP contribution in [0.1, 0.15) is 67.3 Å². The quantitative estimate of drug-likeness (QED) is 0.360. The van der Waals surface area contributed by atoms with E-state index in [1.54, 1.807) is 4.90 Å². The second-order valence-electron chi connectivity index (χ2n) is 7.91. The summed E-state index contributed by atoms with van der Waals surface area (Å²) in [7, 11) is 0. The predicted molar refractivity (Wildman–Crippen MR) is 129 cm³/mol. The van der Waals surface area contributed by atoms with Crippen LogP contribution in [-0.4, -0.2) is 17.4 Å². The largest absolute Gasteiger partial charge is 0.284 e. The molecule has 1 fully saturated rings. The fourth-order valence-corrected chi connectivity index (χ4v) is 5.48. The normalized spacial score (nSPS) is 14.6. The van der Waals surface area contributed by atoms with Crippen LogP contribution in [0, 0.1) is 0 Å².